The maximum absolute atomic E-state index is 13.2. The van der Waals surface area contributed by atoms with E-state index in [2.05, 4.69) is 19.2 Å². The standard InChI is InChI=1S/C23H30N2O4S/c1-17(2)15-21(18-9-5-4-6-10-18)24-23(26)20-16-19(11-12-22(20)29-3)30(27,28)25-13-7-8-14-25/h4-6,9-12,16-17,21H,7-8,13-15H2,1-3H3,(H,24,26)/t21-/m1/s1. The average Bonchev–Trinajstić information content (AvgIpc) is 3.29. The highest BCUT2D eigenvalue weighted by atomic mass is 32.2. The van der Waals surface area contributed by atoms with Crippen molar-refractivity contribution in [2.45, 2.75) is 44.0 Å². The third-order valence-electron chi connectivity index (χ3n) is 5.33. The molecule has 0 aliphatic carbocycles. The van der Waals surface area contributed by atoms with Crippen molar-refractivity contribution in [3.8, 4) is 5.75 Å². The van der Waals surface area contributed by atoms with Crippen molar-refractivity contribution in [1.29, 1.82) is 0 Å². The number of benzene rings is 2. The van der Waals surface area contributed by atoms with Crippen molar-refractivity contribution in [1.82, 2.24) is 9.62 Å². The topological polar surface area (TPSA) is 75.7 Å². The van der Waals surface area contributed by atoms with Crippen LogP contribution in [0.25, 0.3) is 0 Å². The highest BCUT2D eigenvalue weighted by Gasteiger charge is 2.29. The van der Waals surface area contributed by atoms with Gasteiger partial charge in [0, 0.05) is 13.1 Å². The summed E-state index contributed by atoms with van der Waals surface area (Å²) in [6, 6.07) is 14.1. The summed E-state index contributed by atoms with van der Waals surface area (Å²) >= 11 is 0. The molecule has 2 aromatic carbocycles. The van der Waals surface area contributed by atoms with E-state index in [0.717, 1.165) is 24.8 Å². The van der Waals surface area contributed by atoms with Gasteiger partial charge in [-0.05, 0) is 48.9 Å². The lowest BCUT2D eigenvalue weighted by Crippen LogP contribution is -2.31. The van der Waals surface area contributed by atoms with Gasteiger partial charge in [0.15, 0.2) is 0 Å². The first-order chi connectivity index (χ1) is 14.3. The number of nitrogens with one attached hydrogen (secondary N) is 1. The monoisotopic (exact) mass is 430 g/mol. The van der Waals surface area contributed by atoms with Crippen molar-refractivity contribution < 1.29 is 17.9 Å². The predicted octanol–water partition coefficient (Wildman–Crippen LogP) is 4.00. The molecule has 1 atom stereocenters. The van der Waals surface area contributed by atoms with E-state index in [-0.39, 0.29) is 22.4 Å². The van der Waals surface area contributed by atoms with Crippen LogP contribution in [0.5, 0.6) is 5.75 Å². The van der Waals surface area contributed by atoms with Crippen molar-refractivity contribution in [3.05, 3.63) is 59.7 Å². The number of hydrogen-bond acceptors (Lipinski definition) is 4. The Morgan fingerprint density at radius 3 is 2.37 bits per heavy atom. The minimum absolute atomic E-state index is 0.121. The number of methoxy groups -OCH3 is 1. The summed E-state index contributed by atoms with van der Waals surface area (Å²) < 4.78 is 32.7. The molecular weight excluding hydrogens is 400 g/mol. The van der Waals surface area contributed by atoms with Gasteiger partial charge < -0.3 is 10.1 Å². The highest BCUT2D eigenvalue weighted by Crippen LogP contribution is 2.28. The summed E-state index contributed by atoms with van der Waals surface area (Å²) in [7, 11) is -2.15. The molecule has 0 spiro atoms. The van der Waals surface area contributed by atoms with Crippen LogP contribution in [-0.4, -0.2) is 38.8 Å². The van der Waals surface area contributed by atoms with E-state index in [4.69, 9.17) is 4.74 Å². The molecule has 0 radical (unpaired) electrons. The molecule has 0 aromatic heterocycles. The van der Waals surface area contributed by atoms with E-state index < -0.39 is 10.0 Å². The van der Waals surface area contributed by atoms with Crippen LogP contribution < -0.4 is 10.1 Å². The lowest BCUT2D eigenvalue weighted by Gasteiger charge is -2.22. The Bertz CT molecular complexity index is 968. The highest BCUT2D eigenvalue weighted by molar-refractivity contribution is 7.89. The van der Waals surface area contributed by atoms with E-state index in [9.17, 15) is 13.2 Å². The maximum Gasteiger partial charge on any atom is 0.255 e. The fraction of sp³-hybridized carbons (Fsp3) is 0.435. The van der Waals surface area contributed by atoms with Gasteiger partial charge in [-0.1, -0.05) is 44.2 Å². The van der Waals surface area contributed by atoms with Gasteiger partial charge in [0.1, 0.15) is 5.75 Å². The van der Waals surface area contributed by atoms with E-state index in [1.807, 2.05) is 30.3 Å². The van der Waals surface area contributed by atoms with Gasteiger partial charge in [0.05, 0.1) is 23.6 Å². The van der Waals surface area contributed by atoms with Crippen LogP contribution in [0.15, 0.2) is 53.4 Å². The number of rotatable bonds is 8. The van der Waals surface area contributed by atoms with Gasteiger partial charge in [-0.15, -0.1) is 0 Å². The average molecular weight is 431 g/mol. The number of carbonyl (C=O) groups is 1. The smallest absolute Gasteiger partial charge is 0.255 e. The van der Waals surface area contributed by atoms with E-state index in [0.29, 0.717) is 24.8 Å². The molecule has 1 saturated heterocycles. The summed E-state index contributed by atoms with van der Waals surface area (Å²) in [6.07, 6.45) is 2.48. The van der Waals surface area contributed by atoms with Crippen LogP contribution in [0.1, 0.15) is 55.1 Å². The molecule has 1 heterocycles. The number of hydrogen-bond donors (Lipinski definition) is 1. The zero-order chi connectivity index (χ0) is 21.7. The van der Waals surface area contributed by atoms with Crippen molar-refractivity contribution in [3.63, 3.8) is 0 Å². The fourth-order valence-electron chi connectivity index (χ4n) is 3.77. The van der Waals surface area contributed by atoms with Gasteiger partial charge >= 0.3 is 0 Å². The molecule has 0 unspecified atom stereocenters. The Labute approximate surface area is 179 Å². The molecule has 1 fully saturated rings. The lowest BCUT2D eigenvalue weighted by atomic mass is 9.96. The zero-order valence-electron chi connectivity index (χ0n) is 17.8. The first kappa shape index (κ1) is 22.3. The maximum atomic E-state index is 13.2. The summed E-state index contributed by atoms with van der Waals surface area (Å²) in [5.74, 6) is 0.378. The molecule has 1 amide bonds. The van der Waals surface area contributed by atoms with E-state index in [1.165, 1.54) is 23.5 Å². The van der Waals surface area contributed by atoms with Crippen LogP contribution in [0.3, 0.4) is 0 Å². The molecule has 1 N–H and O–H groups in total. The molecule has 1 aliphatic rings. The number of carbonyl (C=O) groups excluding carboxylic acids is 1. The zero-order valence-corrected chi connectivity index (χ0v) is 18.6. The van der Waals surface area contributed by atoms with Crippen LogP contribution in [-0.2, 0) is 10.0 Å². The minimum Gasteiger partial charge on any atom is -0.496 e. The number of amides is 1. The normalized spacial score (nSPS) is 15.9. The number of nitrogens with zero attached hydrogens (tertiary/aromatic N) is 1. The number of sulfonamides is 1. The van der Waals surface area contributed by atoms with E-state index >= 15 is 0 Å². The molecule has 7 heteroatoms. The van der Waals surface area contributed by atoms with Crippen molar-refractivity contribution in [2.24, 2.45) is 5.92 Å². The largest absolute Gasteiger partial charge is 0.496 e. The molecule has 3 rings (SSSR count). The summed E-state index contributed by atoms with van der Waals surface area (Å²) in [4.78, 5) is 13.3. The molecule has 1 aliphatic heterocycles. The molecule has 30 heavy (non-hydrogen) atoms. The Morgan fingerprint density at radius 1 is 1.10 bits per heavy atom. The second-order valence-corrected chi connectivity index (χ2v) is 9.98. The second kappa shape index (κ2) is 9.62. The van der Waals surface area contributed by atoms with Crippen LogP contribution >= 0.6 is 0 Å². The predicted molar refractivity (Wildman–Crippen MR) is 117 cm³/mol. The minimum atomic E-state index is -3.62. The Kier molecular flexibility index (Phi) is 7.15. The molecule has 162 valence electrons. The van der Waals surface area contributed by atoms with Gasteiger partial charge in [0.25, 0.3) is 5.91 Å². The van der Waals surface area contributed by atoms with Crippen molar-refractivity contribution >= 4 is 15.9 Å². The van der Waals surface area contributed by atoms with Crippen LogP contribution in [0.4, 0.5) is 0 Å². The Morgan fingerprint density at radius 2 is 1.77 bits per heavy atom. The quantitative estimate of drug-likeness (QED) is 0.687. The molecule has 0 saturated carbocycles. The van der Waals surface area contributed by atoms with Crippen LogP contribution in [0, 0.1) is 5.92 Å². The third-order valence-corrected chi connectivity index (χ3v) is 7.23. The third kappa shape index (κ3) is 5.02. The molecule has 6 nitrogen and oxygen atoms in total. The molecule has 2 aromatic rings. The molecular formula is C23H30N2O4S. The number of ether oxygens (including phenoxy) is 1. The lowest BCUT2D eigenvalue weighted by molar-refractivity contribution is 0.0928. The fourth-order valence-corrected chi connectivity index (χ4v) is 5.32. The van der Waals surface area contributed by atoms with Crippen molar-refractivity contribution in [2.75, 3.05) is 20.2 Å². The second-order valence-electron chi connectivity index (χ2n) is 8.04. The summed E-state index contributed by atoms with van der Waals surface area (Å²) in [6.45, 7) is 5.23. The van der Waals surface area contributed by atoms with Crippen LogP contribution in [0.2, 0.25) is 0 Å². The van der Waals surface area contributed by atoms with Gasteiger partial charge in [-0.25, -0.2) is 8.42 Å². The first-order valence-electron chi connectivity index (χ1n) is 10.4. The Balaban J connectivity index is 1.91. The molecule has 0 bridgehead atoms. The summed E-state index contributed by atoms with van der Waals surface area (Å²) in [5.41, 5.74) is 1.24. The Hall–Kier alpha value is -2.38. The van der Waals surface area contributed by atoms with Gasteiger partial charge in [0.2, 0.25) is 10.0 Å². The van der Waals surface area contributed by atoms with Gasteiger partial charge in [-0.2, -0.15) is 4.31 Å². The SMILES string of the molecule is COc1ccc(S(=O)(=O)N2CCCC2)cc1C(=O)N[C@H](CC(C)C)c1ccccc1. The first-order valence-corrected chi connectivity index (χ1v) is 11.8. The van der Waals surface area contributed by atoms with Gasteiger partial charge in [-0.3, -0.25) is 4.79 Å². The van der Waals surface area contributed by atoms with E-state index in [1.54, 1.807) is 6.07 Å². The summed E-state index contributed by atoms with van der Waals surface area (Å²) in [5, 5.41) is 3.08.